The van der Waals surface area contributed by atoms with Crippen LogP contribution in [0.2, 0.25) is 0 Å². The number of hydrogen-bond acceptors (Lipinski definition) is 10. The van der Waals surface area contributed by atoms with Gasteiger partial charge >= 0.3 is 6.09 Å². The lowest BCUT2D eigenvalue weighted by Crippen LogP contribution is -2.58. The highest BCUT2D eigenvalue weighted by atomic mass is 32.2. The molecular formula is C32H43N5O10S. The number of nitro benzene ring substituents is 1. The van der Waals surface area contributed by atoms with Crippen molar-refractivity contribution in [3.05, 3.63) is 46.5 Å². The van der Waals surface area contributed by atoms with Crippen LogP contribution >= 0.6 is 0 Å². The van der Waals surface area contributed by atoms with Gasteiger partial charge < -0.3 is 25.0 Å². The van der Waals surface area contributed by atoms with Crippen molar-refractivity contribution in [3.8, 4) is 5.75 Å². The van der Waals surface area contributed by atoms with Crippen molar-refractivity contribution >= 4 is 39.5 Å². The molecule has 1 aromatic carbocycles. The van der Waals surface area contributed by atoms with Crippen LogP contribution in [0.1, 0.15) is 78.6 Å². The minimum atomic E-state index is -3.89. The zero-order valence-electron chi connectivity index (χ0n) is 27.3. The van der Waals surface area contributed by atoms with Crippen LogP contribution in [0.3, 0.4) is 0 Å². The number of non-ortho nitro benzene ring substituents is 1. The van der Waals surface area contributed by atoms with Gasteiger partial charge in [-0.05, 0) is 71.4 Å². The molecule has 2 aliphatic heterocycles. The van der Waals surface area contributed by atoms with Crippen LogP contribution < -0.4 is 20.1 Å². The van der Waals surface area contributed by atoms with Gasteiger partial charge in [0.1, 0.15) is 35.1 Å². The molecule has 15 nitrogen and oxygen atoms in total. The number of fused-ring (bicyclic) bond motifs is 2. The first kappa shape index (κ1) is 35.1. The zero-order chi connectivity index (χ0) is 34.9. The van der Waals surface area contributed by atoms with Gasteiger partial charge in [0.15, 0.2) is 0 Å². The van der Waals surface area contributed by atoms with E-state index >= 15 is 0 Å². The molecule has 2 heterocycles. The fraction of sp³-hybridized carbons (Fsp3) is 0.625. The average molecular weight is 690 g/mol. The van der Waals surface area contributed by atoms with Crippen molar-refractivity contribution in [2.24, 2.45) is 5.92 Å². The normalized spacial score (nSPS) is 28.1. The van der Waals surface area contributed by atoms with Gasteiger partial charge in [-0.15, -0.1) is 0 Å². The van der Waals surface area contributed by atoms with E-state index in [1.807, 2.05) is 12.2 Å². The molecule has 5 rings (SSSR count). The van der Waals surface area contributed by atoms with E-state index in [0.717, 1.165) is 12.8 Å². The Morgan fingerprint density at radius 3 is 2.44 bits per heavy atom. The number of hydrogen-bond donors (Lipinski definition) is 3. The second-order valence-electron chi connectivity index (χ2n) is 13.9. The van der Waals surface area contributed by atoms with Crippen molar-refractivity contribution in [2.75, 3.05) is 6.54 Å². The van der Waals surface area contributed by atoms with Crippen molar-refractivity contribution < 1.29 is 42.0 Å². The first-order chi connectivity index (χ1) is 22.6. The molecule has 4 amide bonds. The minimum absolute atomic E-state index is 0.00625. The Balaban J connectivity index is 1.42. The lowest BCUT2D eigenvalue weighted by Gasteiger charge is -2.30. The van der Waals surface area contributed by atoms with Gasteiger partial charge in [0, 0.05) is 24.5 Å². The summed E-state index contributed by atoms with van der Waals surface area (Å²) in [6.07, 6.45) is 6.43. The largest absolute Gasteiger partial charge is 0.488 e. The molecule has 16 heteroatoms. The molecule has 0 bridgehead atoms. The molecule has 1 saturated heterocycles. The van der Waals surface area contributed by atoms with Crippen molar-refractivity contribution in [3.63, 3.8) is 0 Å². The van der Waals surface area contributed by atoms with E-state index in [1.165, 1.54) is 29.2 Å². The van der Waals surface area contributed by atoms with Gasteiger partial charge in [0.05, 0.1) is 16.7 Å². The number of rotatable bonds is 7. The molecule has 1 unspecified atom stereocenters. The molecule has 5 atom stereocenters. The number of nitrogens with zero attached hydrogens (tertiary/aromatic N) is 2. The summed E-state index contributed by atoms with van der Waals surface area (Å²) < 4.78 is 39.0. The quantitative estimate of drug-likeness (QED) is 0.217. The summed E-state index contributed by atoms with van der Waals surface area (Å²) in [4.78, 5) is 66.4. The molecule has 4 aliphatic rings. The summed E-state index contributed by atoms with van der Waals surface area (Å²) in [6, 6.07) is 3.24. The van der Waals surface area contributed by atoms with E-state index in [1.54, 1.807) is 20.8 Å². The Kier molecular flexibility index (Phi) is 10.0. The number of carbonyl (C=O) groups excluding carboxylic acids is 4. The van der Waals surface area contributed by atoms with E-state index in [2.05, 4.69) is 15.4 Å². The van der Waals surface area contributed by atoms with E-state index < -0.39 is 79.3 Å². The van der Waals surface area contributed by atoms with Gasteiger partial charge in [0.2, 0.25) is 21.8 Å². The number of benzene rings is 1. The Morgan fingerprint density at radius 1 is 1.08 bits per heavy atom. The number of carbonyl (C=O) groups is 4. The van der Waals surface area contributed by atoms with E-state index in [0.29, 0.717) is 25.7 Å². The van der Waals surface area contributed by atoms with Gasteiger partial charge in [-0.3, -0.25) is 29.2 Å². The summed E-state index contributed by atoms with van der Waals surface area (Å²) in [5.41, 5.74) is -2.47. The smallest absolute Gasteiger partial charge is 0.408 e. The van der Waals surface area contributed by atoms with Crippen LogP contribution in [0, 0.1) is 16.0 Å². The Labute approximate surface area is 279 Å². The Hall–Kier alpha value is -4.21. The molecule has 262 valence electrons. The number of nitrogens with one attached hydrogen (secondary N) is 3. The van der Waals surface area contributed by atoms with Crippen LogP contribution in [-0.4, -0.2) is 83.2 Å². The molecule has 2 saturated carbocycles. The van der Waals surface area contributed by atoms with Crippen LogP contribution in [0.15, 0.2) is 36.4 Å². The fourth-order valence-corrected chi connectivity index (χ4v) is 7.50. The van der Waals surface area contributed by atoms with Gasteiger partial charge in [0.25, 0.3) is 11.6 Å². The summed E-state index contributed by atoms with van der Waals surface area (Å²) in [5.74, 6) is -2.18. The number of ether oxygens (including phenoxy) is 2. The van der Waals surface area contributed by atoms with Gasteiger partial charge in [-0.1, -0.05) is 25.0 Å². The minimum Gasteiger partial charge on any atom is -0.488 e. The number of allylic oxidation sites excluding steroid dienone is 1. The third-order valence-electron chi connectivity index (χ3n) is 8.88. The Bertz CT molecular complexity index is 1570. The van der Waals surface area contributed by atoms with E-state index in [4.69, 9.17) is 9.47 Å². The van der Waals surface area contributed by atoms with E-state index in [9.17, 15) is 37.7 Å². The highest BCUT2D eigenvalue weighted by Gasteiger charge is 2.62. The predicted molar refractivity (Wildman–Crippen MR) is 172 cm³/mol. The highest BCUT2D eigenvalue weighted by Crippen LogP contribution is 2.46. The molecule has 1 aromatic rings. The summed E-state index contributed by atoms with van der Waals surface area (Å²) in [5, 5.41) is 15.9. The van der Waals surface area contributed by atoms with E-state index in [-0.39, 0.29) is 37.2 Å². The first-order valence-corrected chi connectivity index (χ1v) is 17.9. The van der Waals surface area contributed by atoms with Crippen LogP contribution in [0.4, 0.5) is 10.5 Å². The molecule has 3 fully saturated rings. The Morgan fingerprint density at radius 2 is 1.79 bits per heavy atom. The highest BCUT2D eigenvalue weighted by molar-refractivity contribution is 7.91. The lowest BCUT2D eigenvalue weighted by atomic mass is 10.0. The second kappa shape index (κ2) is 13.7. The van der Waals surface area contributed by atoms with Gasteiger partial charge in [-0.25, -0.2) is 13.2 Å². The second-order valence-corrected chi connectivity index (χ2v) is 15.9. The summed E-state index contributed by atoms with van der Waals surface area (Å²) in [6.45, 7) is 5.05. The topological polar surface area (TPSA) is 203 Å². The fourth-order valence-electron chi connectivity index (χ4n) is 6.14. The monoisotopic (exact) mass is 689 g/mol. The molecule has 0 aromatic heterocycles. The molecule has 2 aliphatic carbocycles. The SMILES string of the molecule is CC(C)(C)OC(=O)N[C@H]1CCCCCC=CC2C[C@@]2(C(=O)NS(=O)(=O)C2CC2)NC(=O)[C@@H]2C[C@@H](Oc3ccc([N+](=O)[O-])cc3)CN2C1=O. The molecule has 0 radical (unpaired) electrons. The molecule has 48 heavy (non-hydrogen) atoms. The van der Waals surface area contributed by atoms with Gasteiger partial charge in [-0.2, -0.15) is 0 Å². The van der Waals surface area contributed by atoms with Crippen molar-refractivity contribution in [1.82, 2.24) is 20.3 Å². The average Bonchev–Trinajstić information content (AvgIpc) is 3.92. The molecular weight excluding hydrogens is 646 g/mol. The number of sulfonamides is 1. The standard InChI is InChI=1S/C32H43N5O10S/c1-31(2,3)47-30(41)33-25-10-8-6-4-5-7-9-20-18-32(20,29(40)35-48(44,45)24-15-16-24)34-27(38)26-17-23(19-36(26)28(25)39)46-22-13-11-21(12-14-22)37(42)43/h7,9,11-14,20,23-26H,4-6,8,10,15-19H2,1-3H3,(H,33,41)(H,34,38)(H,35,40)/t20?,23-,25+,26+,32-/m1/s1. The maximum absolute atomic E-state index is 14.2. The van der Waals surface area contributed by atoms with Crippen LogP contribution in [-0.2, 0) is 29.1 Å². The third kappa shape index (κ3) is 8.44. The van der Waals surface area contributed by atoms with Crippen molar-refractivity contribution in [2.45, 2.75) is 113 Å². The predicted octanol–water partition coefficient (Wildman–Crippen LogP) is 2.84. The summed E-state index contributed by atoms with van der Waals surface area (Å²) in [7, 11) is -3.89. The zero-order valence-corrected chi connectivity index (χ0v) is 28.1. The summed E-state index contributed by atoms with van der Waals surface area (Å²) >= 11 is 0. The third-order valence-corrected chi connectivity index (χ3v) is 10.7. The first-order valence-electron chi connectivity index (χ1n) is 16.3. The maximum atomic E-state index is 14.2. The lowest BCUT2D eigenvalue weighted by molar-refractivity contribution is -0.384. The maximum Gasteiger partial charge on any atom is 0.408 e. The molecule has 0 spiro atoms. The molecule has 3 N–H and O–H groups in total. The number of amides is 4. The van der Waals surface area contributed by atoms with Crippen LogP contribution in [0.25, 0.3) is 0 Å². The van der Waals surface area contributed by atoms with Crippen molar-refractivity contribution in [1.29, 1.82) is 0 Å². The number of alkyl carbamates (subject to hydrolysis) is 1. The number of nitro groups is 1. The van der Waals surface area contributed by atoms with Crippen LogP contribution in [0.5, 0.6) is 5.75 Å².